The molecule has 178 valence electrons. The summed E-state index contributed by atoms with van der Waals surface area (Å²) in [6.45, 7) is 0.875. The maximum Gasteiger partial charge on any atom is 0.325 e. The third-order valence-electron chi connectivity index (χ3n) is 6.32. The van der Waals surface area contributed by atoms with Gasteiger partial charge in [-0.25, -0.2) is 13.6 Å². The van der Waals surface area contributed by atoms with Crippen LogP contribution in [-0.2, 0) is 15.1 Å². The number of fused-ring (bicyclic) bond motifs is 1. The standard InChI is InChI=1S/C26H21F2N3O4/c1-26(18-13-17(27)11-12-19(18)28)24(33)30(25(34)29-26)14-23(32)31-20-9-5-6-10-22(20)35-15-21(31)16-7-3-2-4-8-16/h2-13,21H,14-15H2,1H3,(H,29,34)/t21-,26-/m1/s1. The first kappa shape index (κ1) is 22.5. The lowest BCUT2D eigenvalue weighted by Gasteiger charge is -2.37. The predicted molar refractivity (Wildman–Crippen MR) is 123 cm³/mol. The molecule has 4 amide bonds. The molecule has 35 heavy (non-hydrogen) atoms. The van der Waals surface area contributed by atoms with Gasteiger partial charge in [0, 0.05) is 5.56 Å². The third-order valence-corrected chi connectivity index (χ3v) is 6.32. The SMILES string of the molecule is C[C@]1(c2cc(F)ccc2F)NC(=O)N(CC(=O)N2c3ccccc3OC[C@@H]2c2ccccc2)C1=O. The monoisotopic (exact) mass is 477 g/mol. The Morgan fingerprint density at radius 1 is 1.06 bits per heavy atom. The summed E-state index contributed by atoms with van der Waals surface area (Å²) in [6.07, 6.45) is 0. The number of urea groups is 1. The Kier molecular flexibility index (Phi) is 5.47. The summed E-state index contributed by atoms with van der Waals surface area (Å²) in [5.74, 6) is -2.48. The van der Waals surface area contributed by atoms with Crippen molar-refractivity contribution in [3.05, 3.63) is 95.6 Å². The van der Waals surface area contributed by atoms with Crippen LogP contribution in [0.25, 0.3) is 0 Å². The van der Waals surface area contributed by atoms with E-state index in [-0.39, 0.29) is 12.2 Å². The van der Waals surface area contributed by atoms with E-state index in [1.165, 1.54) is 11.8 Å². The van der Waals surface area contributed by atoms with Crippen molar-refractivity contribution in [2.45, 2.75) is 18.5 Å². The first-order valence-electron chi connectivity index (χ1n) is 11.0. The molecule has 3 aromatic rings. The number of para-hydroxylation sites is 2. The number of carbonyl (C=O) groups is 3. The van der Waals surface area contributed by atoms with Gasteiger partial charge in [0.15, 0.2) is 0 Å². The third kappa shape index (κ3) is 3.78. The zero-order chi connectivity index (χ0) is 24.7. The summed E-state index contributed by atoms with van der Waals surface area (Å²) in [5.41, 5.74) is -0.849. The molecule has 1 N–H and O–H groups in total. The molecule has 1 fully saturated rings. The van der Waals surface area contributed by atoms with Crippen LogP contribution in [0.2, 0.25) is 0 Å². The molecule has 0 spiro atoms. The zero-order valence-electron chi connectivity index (χ0n) is 18.7. The highest BCUT2D eigenvalue weighted by molar-refractivity contribution is 6.11. The molecule has 3 aromatic carbocycles. The minimum atomic E-state index is -1.86. The molecule has 0 aliphatic carbocycles. The number of nitrogens with zero attached hydrogens (tertiary/aromatic N) is 2. The smallest absolute Gasteiger partial charge is 0.325 e. The predicted octanol–water partition coefficient (Wildman–Crippen LogP) is 3.90. The van der Waals surface area contributed by atoms with Gasteiger partial charge in [0.25, 0.3) is 5.91 Å². The molecule has 2 heterocycles. The number of hydrogen-bond acceptors (Lipinski definition) is 4. The molecule has 9 heteroatoms. The number of halogens is 2. The van der Waals surface area contributed by atoms with E-state index < -0.39 is 47.6 Å². The number of imide groups is 1. The van der Waals surface area contributed by atoms with E-state index in [2.05, 4.69) is 5.32 Å². The van der Waals surface area contributed by atoms with Crippen molar-refractivity contribution < 1.29 is 27.9 Å². The van der Waals surface area contributed by atoms with Crippen molar-refractivity contribution in [3.8, 4) is 5.75 Å². The first-order valence-corrected chi connectivity index (χ1v) is 11.0. The molecule has 0 aromatic heterocycles. The lowest BCUT2D eigenvalue weighted by molar-refractivity contribution is -0.134. The number of amides is 4. The van der Waals surface area contributed by atoms with Crippen molar-refractivity contribution in [2.75, 3.05) is 18.1 Å². The second kappa shape index (κ2) is 8.50. The highest BCUT2D eigenvalue weighted by atomic mass is 19.1. The fourth-order valence-electron chi connectivity index (χ4n) is 4.53. The van der Waals surface area contributed by atoms with E-state index in [0.29, 0.717) is 11.4 Å². The molecule has 0 radical (unpaired) electrons. The lowest BCUT2D eigenvalue weighted by atomic mass is 9.91. The number of anilines is 1. The van der Waals surface area contributed by atoms with Gasteiger partial charge < -0.3 is 10.1 Å². The second-order valence-corrected chi connectivity index (χ2v) is 8.54. The Bertz CT molecular complexity index is 1330. The largest absolute Gasteiger partial charge is 0.489 e. The number of benzene rings is 3. The van der Waals surface area contributed by atoms with Gasteiger partial charge in [-0.1, -0.05) is 42.5 Å². The van der Waals surface area contributed by atoms with Gasteiger partial charge in [-0.05, 0) is 42.8 Å². The Morgan fingerprint density at radius 3 is 2.54 bits per heavy atom. The quantitative estimate of drug-likeness (QED) is 0.579. The fraction of sp³-hybridized carbons (Fsp3) is 0.192. The summed E-state index contributed by atoms with van der Waals surface area (Å²) < 4.78 is 34.2. The van der Waals surface area contributed by atoms with Crippen LogP contribution in [0.3, 0.4) is 0 Å². The van der Waals surface area contributed by atoms with Gasteiger partial charge >= 0.3 is 6.03 Å². The molecular formula is C26H21F2N3O4. The molecule has 1 saturated heterocycles. The van der Waals surface area contributed by atoms with Crippen LogP contribution in [0.5, 0.6) is 5.75 Å². The summed E-state index contributed by atoms with van der Waals surface area (Å²) in [5, 5.41) is 2.42. The number of nitrogens with one attached hydrogen (secondary N) is 1. The second-order valence-electron chi connectivity index (χ2n) is 8.54. The Morgan fingerprint density at radius 2 is 1.77 bits per heavy atom. The minimum absolute atomic E-state index is 0.180. The van der Waals surface area contributed by atoms with Gasteiger partial charge in [-0.3, -0.25) is 19.4 Å². The highest BCUT2D eigenvalue weighted by Crippen LogP contribution is 2.40. The Labute approximate surface area is 199 Å². The molecular weight excluding hydrogens is 456 g/mol. The molecule has 0 unspecified atom stereocenters. The number of rotatable bonds is 4. The van der Waals surface area contributed by atoms with Crippen LogP contribution in [-0.4, -0.2) is 35.9 Å². The van der Waals surface area contributed by atoms with E-state index in [1.54, 1.807) is 24.3 Å². The highest BCUT2D eigenvalue weighted by Gasteiger charge is 2.51. The van der Waals surface area contributed by atoms with Crippen LogP contribution in [0, 0.1) is 11.6 Å². The summed E-state index contributed by atoms with van der Waals surface area (Å²) in [7, 11) is 0. The van der Waals surface area contributed by atoms with Crippen molar-refractivity contribution in [1.82, 2.24) is 10.2 Å². The summed E-state index contributed by atoms with van der Waals surface area (Å²) in [6, 6.07) is 17.6. The molecule has 2 atom stereocenters. The van der Waals surface area contributed by atoms with Crippen LogP contribution in [0.1, 0.15) is 24.1 Å². The number of ether oxygens (including phenoxy) is 1. The van der Waals surface area contributed by atoms with Crippen molar-refractivity contribution in [2.24, 2.45) is 0 Å². The topological polar surface area (TPSA) is 79.0 Å². The molecule has 0 bridgehead atoms. The normalized spacial score (nSPS) is 21.4. The minimum Gasteiger partial charge on any atom is -0.489 e. The molecule has 2 aliphatic heterocycles. The van der Waals surface area contributed by atoms with E-state index in [1.807, 2.05) is 30.3 Å². The van der Waals surface area contributed by atoms with E-state index in [9.17, 15) is 23.2 Å². The van der Waals surface area contributed by atoms with Gasteiger partial charge in [-0.15, -0.1) is 0 Å². The van der Waals surface area contributed by atoms with Crippen molar-refractivity contribution in [3.63, 3.8) is 0 Å². The number of hydrogen-bond donors (Lipinski definition) is 1. The first-order chi connectivity index (χ1) is 16.8. The molecule has 7 nitrogen and oxygen atoms in total. The van der Waals surface area contributed by atoms with Crippen LogP contribution in [0.4, 0.5) is 19.3 Å². The van der Waals surface area contributed by atoms with Crippen molar-refractivity contribution in [1.29, 1.82) is 0 Å². The van der Waals surface area contributed by atoms with Gasteiger partial charge in [0.05, 0.1) is 11.7 Å². The van der Waals surface area contributed by atoms with E-state index in [4.69, 9.17) is 4.74 Å². The number of carbonyl (C=O) groups excluding carboxylic acids is 3. The van der Waals surface area contributed by atoms with Gasteiger partial charge in [0.1, 0.15) is 36.1 Å². The fourth-order valence-corrected chi connectivity index (χ4v) is 4.53. The summed E-state index contributed by atoms with van der Waals surface area (Å²) in [4.78, 5) is 41.9. The van der Waals surface area contributed by atoms with Crippen LogP contribution in [0.15, 0.2) is 72.8 Å². The maximum atomic E-state index is 14.5. The van der Waals surface area contributed by atoms with Gasteiger partial charge in [0.2, 0.25) is 5.91 Å². The van der Waals surface area contributed by atoms with E-state index >= 15 is 0 Å². The summed E-state index contributed by atoms with van der Waals surface area (Å²) >= 11 is 0. The van der Waals surface area contributed by atoms with Crippen LogP contribution >= 0.6 is 0 Å². The molecule has 5 rings (SSSR count). The van der Waals surface area contributed by atoms with Gasteiger partial charge in [-0.2, -0.15) is 0 Å². The van der Waals surface area contributed by atoms with E-state index in [0.717, 1.165) is 28.7 Å². The van der Waals surface area contributed by atoms with Crippen LogP contribution < -0.4 is 15.0 Å². The Balaban J connectivity index is 1.47. The maximum absolute atomic E-state index is 14.5. The average molecular weight is 477 g/mol. The Hall–Kier alpha value is -4.27. The van der Waals surface area contributed by atoms with Crippen molar-refractivity contribution >= 4 is 23.5 Å². The average Bonchev–Trinajstić information content (AvgIpc) is 3.08. The lowest BCUT2D eigenvalue weighted by Crippen LogP contribution is -2.48. The molecule has 0 saturated carbocycles. The zero-order valence-corrected chi connectivity index (χ0v) is 18.7. The molecule has 2 aliphatic rings.